The van der Waals surface area contributed by atoms with E-state index in [-0.39, 0.29) is 23.1 Å². The number of benzene rings is 1. The highest BCUT2D eigenvalue weighted by Crippen LogP contribution is 2.37. The summed E-state index contributed by atoms with van der Waals surface area (Å²) in [5.74, 6) is -0.361. The molecule has 0 bridgehead atoms. The first-order valence-corrected chi connectivity index (χ1v) is 4.32. The first kappa shape index (κ1) is 11.1. The maximum atomic E-state index is 13.4. The monoisotopic (exact) mass is 219 g/mol. The number of nitrogens with two attached hydrogens (primary N) is 1. The van der Waals surface area contributed by atoms with Gasteiger partial charge in [0.15, 0.2) is 17.3 Å². The van der Waals surface area contributed by atoms with Gasteiger partial charge in [-0.15, -0.1) is 0 Å². The molecule has 0 saturated heterocycles. The highest BCUT2D eigenvalue weighted by molar-refractivity contribution is 6.31. The van der Waals surface area contributed by atoms with E-state index < -0.39 is 5.82 Å². The maximum Gasteiger partial charge on any atom is 0.198 e. The van der Waals surface area contributed by atoms with Crippen molar-refractivity contribution in [1.82, 2.24) is 0 Å². The normalized spacial score (nSPS) is 10.1. The Labute approximate surface area is 86.6 Å². The minimum Gasteiger partial charge on any atom is -0.492 e. The van der Waals surface area contributed by atoms with Crippen molar-refractivity contribution in [2.24, 2.45) is 5.73 Å². The molecule has 0 saturated carbocycles. The number of hydrogen-bond donors (Lipinski definition) is 1. The Kier molecular flexibility index (Phi) is 3.55. The molecule has 0 atom stereocenters. The summed E-state index contributed by atoms with van der Waals surface area (Å²) in [6, 6.07) is 1.43. The zero-order valence-corrected chi connectivity index (χ0v) is 8.69. The summed E-state index contributed by atoms with van der Waals surface area (Å²) in [4.78, 5) is 0. The van der Waals surface area contributed by atoms with Crippen molar-refractivity contribution in [2.45, 2.75) is 6.54 Å². The predicted molar refractivity (Wildman–Crippen MR) is 52.4 cm³/mol. The number of hydrogen-bond acceptors (Lipinski definition) is 3. The lowest BCUT2D eigenvalue weighted by Crippen LogP contribution is -2.03. The van der Waals surface area contributed by atoms with Gasteiger partial charge >= 0.3 is 0 Å². The lowest BCUT2D eigenvalue weighted by molar-refractivity contribution is 0.335. The van der Waals surface area contributed by atoms with Crippen LogP contribution in [-0.2, 0) is 6.54 Å². The minimum atomic E-state index is -0.636. The van der Waals surface area contributed by atoms with Crippen LogP contribution in [-0.4, -0.2) is 14.2 Å². The Morgan fingerprint density at radius 2 is 1.93 bits per heavy atom. The molecule has 0 radical (unpaired) electrons. The van der Waals surface area contributed by atoms with E-state index in [0.29, 0.717) is 5.56 Å². The third-order valence-corrected chi connectivity index (χ3v) is 2.11. The van der Waals surface area contributed by atoms with Crippen LogP contribution < -0.4 is 15.2 Å². The summed E-state index contributed by atoms with van der Waals surface area (Å²) in [5, 5.41) is -0.0249. The zero-order valence-electron chi connectivity index (χ0n) is 7.93. The minimum absolute atomic E-state index is 0.0135. The molecule has 0 aliphatic heterocycles. The molecule has 3 nitrogen and oxygen atoms in total. The predicted octanol–water partition coefficient (Wildman–Crippen LogP) is 1.95. The highest BCUT2D eigenvalue weighted by Gasteiger charge is 2.17. The molecule has 0 aliphatic carbocycles. The first-order valence-electron chi connectivity index (χ1n) is 3.94. The topological polar surface area (TPSA) is 44.5 Å². The third kappa shape index (κ3) is 1.76. The van der Waals surface area contributed by atoms with Crippen molar-refractivity contribution in [3.63, 3.8) is 0 Å². The van der Waals surface area contributed by atoms with Crippen LogP contribution in [0.15, 0.2) is 6.07 Å². The van der Waals surface area contributed by atoms with Crippen LogP contribution in [0.1, 0.15) is 5.56 Å². The number of rotatable bonds is 3. The average molecular weight is 220 g/mol. The second kappa shape index (κ2) is 4.48. The maximum absolute atomic E-state index is 13.4. The molecule has 0 heterocycles. The molecule has 14 heavy (non-hydrogen) atoms. The molecule has 1 rings (SSSR count). The third-order valence-electron chi connectivity index (χ3n) is 1.84. The number of methoxy groups -OCH3 is 2. The van der Waals surface area contributed by atoms with Gasteiger partial charge in [-0.2, -0.15) is 0 Å². The molecule has 0 spiro atoms. The second-order valence-electron chi connectivity index (χ2n) is 2.60. The van der Waals surface area contributed by atoms with Gasteiger partial charge in [-0.3, -0.25) is 0 Å². The molecular formula is C9H11ClFNO2. The van der Waals surface area contributed by atoms with Crippen molar-refractivity contribution in [3.05, 3.63) is 22.5 Å². The van der Waals surface area contributed by atoms with Gasteiger partial charge in [-0.1, -0.05) is 11.6 Å². The molecule has 0 aliphatic rings. The molecule has 0 aromatic heterocycles. The average Bonchev–Trinajstić information content (AvgIpc) is 2.20. The fraction of sp³-hybridized carbons (Fsp3) is 0.333. The van der Waals surface area contributed by atoms with Crippen LogP contribution in [0.3, 0.4) is 0 Å². The Morgan fingerprint density at radius 1 is 1.36 bits per heavy atom. The van der Waals surface area contributed by atoms with Crippen molar-refractivity contribution >= 4 is 11.6 Å². The van der Waals surface area contributed by atoms with Gasteiger partial charge in [0.2, 0.25) is 0 Å². The van der Waals surface area contributed by atoms with Crippen LogP contribution in [0.5, 0.6) is 11.5 Å². The second-order valence-corrected chi connectivity index (χ2v) is 3.01. The lowest BCUT2D eigenvalue weighted by Gasteiger charge is -2.13. The summed E-state index contributed by atoms with van der Waals surface area (Å²) in [5.41, 5.74) is 6.06. The van der Waals surface area contributed by atoms with Gasteiger partial charge < -0.3 is 15.2 Å². The van der Waals surface area contributed by atoms with Crippen LogP contribution in [0.2, 0.25) is 5.02 Å². The van der Waals surface area contributed by atoms with E-state index in [1.54, 1.807) is 0 Å². The van der Waals surface area contributed by atoms with Crippen molar-refractivity contribution in [1.29, 1.82) is 0 Å². The Bertz CT molecular complexity index is 344. The SMILES string of the molecule is COc1c(CN)cc(Cl)c(F)c1OC. The van der Waals surface area contributed by atoms with E-state index in [2.05, 4.69) is 0 Å². The molecule has 1 aromatic rings. The fourth-order valence-corrected chi connectivity index (χ4v) is 1.41. The van der Waals surface area contributed by atoms with Crippen LogP contribution >= 0.6 is 11.6 Å². The Balaban J connectivity index is 3.42. The Morgan fingerprint density at radius 3 is 2.36 bits per heavy atom. The van der Waals surface area contributed by atoms with Crippen LogP contribution in [0, 0.1) is 5.82 Å². The van der Waals surface area contributed by atoms with E-state index in [4.69, 9.17) is 26.8 Å². The van der Waals surface area contributed by atoms with E-state index in [9.17, 15) is 4.39 Å². The first-order chi connectivity index (χ1) is 6.65. The molecule has 5 heteroatoms. The molecular weight excluding hydrogens is 209 g/mol. The molecule has 0 fully saturated rings. The lowest BCUT2D eigenvalue weighted by atomic mass is 10.2. The largest absolute Gasteiger partial charge is 0.492 e. The van der Waals surface area contributed by atoms with Crippen molar-refractivity contribution < 1.29 is 13.9 Å². The molecule has 2 N–H and O–H groups in total. The van der Waals surface area contributed by atoms with Gasteiger partial charge in [0, 0.05) is 12.1 Å². The van der Waals surface area contributed by atoms with E-state index in [1.165, 1.54) is 20.3 Å². The highest BCUT2D eigenvalue weighted by atomic mass is 35.5. The van der Waals surface area contributed by atoms with E-state index in [0.717, 1.165) is 0 Å². The summed E-state index contributed by atoms with van der Waals surface area (Å²) >= 11 is 5.64. The zero-order chi connectivity index (χ0) is 10.7. The Hall–Kier alpha value is -1.00. The summed E-state index contributed by atoms with van der Waals surface area (Å²) in [6.07, 6.45) is 0. The number of halogens is 2. The molecule has 0 amide bonds. The summed E-state index contributed by atoms with van der Waals surface area (Å²) in [6.45, 7) is 0.208. The fourth-order valence-electron chi connectivity index (χ4n) is 1.19. The molecule has 78 valence electrons. The van der Waals surface area contributed by atoms with E-state index in [1.807, 2.05) is 0 Å². The number of ether oxygens (including phenoxy) is 2. The summed E-state index contributed by atoms with van der Waals surface area (Å²) < 4.78 is 23.2. The molecule has 1 aromatic carbocycles. The van der Waals surface area contributed by atoms with Gasteiger partial charge in [-0.05, 0) is 6.07 Å². The smallest absolute Gasteiger partial charge is 0.198 e. The van der Waals surface area contributed by atoms with Gasteiger partial charge in [0.25, 0.3) is 0 Å². The molecule has 0 unspecified atom stereocenters. The van der Waals surface area contributed by atoms with Crippen molar-refractivity contribution in [3.8, 4) is 11.5 Å². The van der Waals surface area contributed by atoms with Gasteiger partial charge in [0.1, 0.15) is 0 Å². The quantitative estimate of drug-likeness (QED) is 0.845. The van der Waals surface area contributed by atoms with Crippen LogP contribution in [0.4, 0.5) is 4.39 Å². The van der Waals surface area contributed by atoms with Gasteiger partial charge in [-0.25, -0.2) is 4.39 Å². The van der Waals surface area contributed by atoms with Crippen molar-refractivity contribution in [2.75, 3.05) is 14.2 Å². The van der Waals surface area contributed by atoms with Gasteiger partial charge in [0.05, 0.1) is 19.2 Å². The standard InChI is InChI=1S/C9H11ClFNO2/c1-13-8-5(4-12)3-6(10)7(11)9(8)14-2/h3H,4,12H2,1-2H3. The summed E-state index contributed by atoms with van der Waals surface area (Å²) in [7, 11) is 2.77. The van der Waals surface area contributed by atoms with Crippen LogP contribution in [0.25, 0.3) is 0 Å². The van der Waals surface area contributed by atoms with E-state index >= 15 is 0 Å².